The number of rotatable bonds is 3. The van der Waals surface area contributed by atoms with Crippen molar-refractivity contribution in [3.8, 4) is 5.75 Å². The number of anilines is 1. The topological polar surface area (TPSA) is 58.6 Å². The molecule has 0 spiro atoms. The second kappa shape index (κ2) is 5.32. The molecule has 1 aliphatic rings. The summed E-state index contributed by atoms with van der Waals surface area (Å²) < 4.78 is 5.25. The minimum atomic E-state index is -0.900. The van der Waals surface area contributed by atoms with Gasteiger partial charge in [-0.2, -0.15) is 0 Å². The number of benzene rings is 1. The highest BCUT2D eigenvalue weighted by Gasteiger charge is 2.42. The van der Waals surface area contributed by atoms with E-state index in [1.165, 1.54) is 12.0 Å². The Morgan fingerprint density at radius 2 is 2.15 bits per heavy atom. The van der Waals surface area contributed by atoms with E-state index in [0.717, 1.165) is 0 Å². The van der Waals surface area contributed by atoms with Crippen LogP contribution in [0.3, 0.4) is 0 Å². The fourth-order valence-corrected chi connectivity index (χ4v) is 2.39. The number of amides is 2. The maximum Gasteiger partial charge on any atom is 0.253 e. The van der Waals surface area contributed by atoms with E-state index in [2.05, 4.69) is 5.32 Å². The maximum atomic E-state index is 12.6. The summed E-state index contributed by atoms with van der Waals surface area (Å²) in [6.07, 6.45) is 0.511. The van der Waals surface area contributed by atoms with Crippen molar-refractivity contribution < 1.29 is 14.3 Å². The van der Waals surface area contributed by atoms with Gasteiger partial charge in [0.25, 0.3) is 5.91 Å². The highest BCUT2D eigenvalue weighted by Crippen LogP contribution is 2.34. The highest BCUT2D eigenvalue weighted by molar-refractivity contribution is 6.31. The fraction of sp³-hybridized carbons (Fsp3) is 0.429. The lowest BCUT2D eigenvalue weighted by Gasteiger charge is -2.39. The van der Waals surface area contributed by atoms with Gasteiger partial charge in [0.2, 0.25) is 5.91 Å². The van der Waals surface area contributed by atoms with E-state index >= 15 is 0 Å². The van der Waals surface area contributed by atoms with Gasteiger partial charge in [-0.3, -0.25) is 14.5 Å². The predicted octanol–water partition coefficient (Wildman–Crippen LogP) is 1.98. The van der Waals surface area contributed by atoms with Crippen LogP contribution in [-0.4, -0.2) is 31.0 Å². The molecule has 1 fully saturated rings. The first-order valence-corrected chi connectivity index (χ1v) is 6.75. The molecule has 5 nitrogen and oxygen atoms in total. The fourth-order valence-electron chi connectivity index (χ4n) is 2.22. The summed E-state index contributed by atoms with van der Waals surface area (Å²) in [6.45, 7) is 3.54. The third-order valence-corrected chi connectivity index (χ3v) is 3.81. The Balaban J connectivity index is 2.48. The number of hydrogen-bond donors (Lipinski definition) is 1. The van der Waals surface area contributed by atoms with E-state index in [4.69, 9.17) is 16.3 Å². The molecule has 6 heteroatoms. The molecule has 2 amide bonds. The lowest BCUT2D eigenvalue weighted by Crippen LogP contribution is -2.65. The van der Waals surface area contributed by atoms with Gasteiger partial charge in [-0.25, -0.2) is 0 Å². The summed E-state index contributed by atoms with van der Waals surface area (Å²) in [6, 6.07) is 4.99. The van der Waals surface area contributed by atoms with Crippen LogP contribution in [0, 0.1) is 0 Å². The second-order valence-corrected chi connectivity index (χ2v) is 5.38. The number of nitrogens with one attached hydrogen (secondary N) is 1. The lowest BCUT2D eigenvalue weighted by atomic mass is 9.94. The molecule has 2 rings (SSSR count). The molecule has 0 saturated carbocycles. The average molecular weight is 297 g/mol. The van der Waals surface area contributed by atoms with Crippen LogP contribution >= 0.6 is 11.6 Å². The number of carbonyl (C=O) groups is 2. The zero-order valence-corrected chi connectivity index (χ0v) is 12.5. The number of hydrogen-bond acceptors (Lipinski definition) is 3. The van der Waals surface area contributed by atoms with Crippen molar-refractivity contribution in [2.45, 2.75) is 25.8 Å². The molecular weight excluding hydrogens is 280 g/mol. The summed E-state index contributed by atoms with van der Waals surface area (Å²) in [7, 11) is 1.51. The molecular formula is C14H17ClN2O3. The van der Waals surface area contributed by atoms with Crippen LogP contribution in [0.1, 0.15) is 20.3 Å². The Hall–Kier alpha value is -1.75. The van der Waals surface area contributed by atoms with Crippen LogP contribution in [0.5, 0.6) is 5.75 Å². The maximum absolute atomic E-state index is 12.6. The summed E-state index contributed by atoms with van der Waals surface area (Å²) >= 11 is 5.99. The van der Waals surface area contributed by atoms with Gasteiger partial charge in [0.15, 0.2) is 0 Å². The van der Waals surface area contributed by atoms with E-state index < -0.39 is 5.54 Å². The summed E-state index contributed by atoms with van der Waals surface area (Å²) in [4.78, 5) is 25.9. The zero-order chi connectivity index (χ0) is 14.9. The van der Waals surface area contributed by atoms with E-state index in [-0.39, 0.29) is 18.4 Å². The Morgan fingerprint density at radius 3 is 2.75 bits per heavy atom. The molecule has 20 heavy (non-hydrogen) atoms. The molecule has 1 saturated heterocycles. The van der Waals surface area contributed by atoms with Gasteiger partial charge in [0.05, 0.1) is 12.8 Å². The largest absolute Gasteiger partial charge is 0.495 e. The SMILES string of the molecule is CCC1(C)NC(=O)CN(c2cc(Cl)ccc2OC)C1=O. The van der Waals surface area contributed by atoms with Crippen molar-refractivity contribution in [1.82, 2.24) is 5.32 Å². The zero-order valence-electron chi connectivity index (χ0n) is 11.7. The molecule has 1 aromatic rings. The quantitative estimate of drug-likeness (QED) is 0.928. The number of ether oxygens (including phenoxy) is 1. The number of carbonyl (C=O) groups excluding carboxylic acids is 2. The van der Waals surface area contributed by atoms with E-state index in [1.807, 2.05) is 6.92 Å². The monoisotopic (exact) mass is 296 g/mol. The van der Waals surface area contributed by atoms with Crippen LogP contribution < -0.4 is 15.0 Å². The van der Waals surface area contributed by atoms with Crippen molar-refractivity contribution >= 4 is 29.1 Å². The highest BCUT2D eigenvalue weighted by atomic mass is 35.5. The normalized spacial score (nSPS) is 22.7. The lowest BCUT2D eigenvalue weighted by molar-refractivity contribution is -0.135. The van der Waals surface area contributed by atoms with Gasteiger partial charge < -0.3 is 10.1 Å². The van der Waals surface area contributed by atoms with Gasteiger partial charge >= 0.3 is 0 Å². The molecule has 1 aliphatic heterocycles. The predicted molar refractivity (Wildman–Crippen MR) is 77.2 cm³/mol. The summed E-state index contributed by atoms with van der Waals surface area (Å²) in [5, 5.41) is 3.22. The number of piperazine rings is 1. The van der Waals surface area contributed by atoms with E-state index in [9.17, 15) is 9.59 Å². The van der Waals surface area contributed by atoms with Gasteiger partial charge in [0.1, 0.15) is 17.8 Å². The first-order valence-electron chi connectivity index (χ1n) is 6.38. The van der Waals surface area contributed by atoms with Crippen LogP contribution in [0.4, 0.5) is 5.69 Å². The van der Waals surface area contributed by atoms with Crippen molar-refractivity contribution in [1.29, 1.82) is 0 Å². The Labute approximate surface area is 122 Å². The van der Waals surface area contributed by atoms with Crippen molar-refractivity contribution in [3.63, 3.8) is 0 Å². The van der Waals surface area contributed by atoms with Crippen molar-refractivity contribution in [2.75, 3.05) is 18.6 Å². The van der Waals surface area contributed by atoms with Crippen LogP contribution in [0.2, 0.25) is 5.02 Å². The second-order valence-electron chi connectivity index (χ2n) is 4.94. The van der Waals surface area contributed by atoms with Gasteiger partial charge in [-0.05, 0) is 31.5 Å². The molecule has 0 radical (unpaired) electrons. The Bertz CT molecular complexity index is 561. The molecule has 1 unspecified atom stereocenters. The van der Waals surface area contributed by atoms with E-state index in [1.54, 1.807) is 25.1 Å². The van der Waals surface area contributed by atoms with Crippen LogP contribution in [-0.2, 0) is 9.59 Å². The molecule has 0 aromatic heterocycles. The van der Waals surface area contributed by atoms with Gasteiger partial charge in [-0.1, -0.05) is 18.5 Å². The first-order chi connectivity index (χ1) is 9.41. The first kappa shape index (κ1) is 14.7. The van der Waals surface area contributed by atoms with Crippen LogP contribution in [0.25, 0.3) is 0 Å². The van der Waals surface area contributed by atoms with Gasteiger partial charge in [0, 0.05) is 5.02 Å². The number of nitrogens with zero attached hydrogens (tertiary/aromatic N) is 1. The molecule has 1 heterocycles. The molecule has 1 atom stereocenters. The third-order valence-electron chi connectivity index (χ3n) is 3.57. The standard InChI is InChI=1S/C14H17ClN2O3/c1-4-14(2)13(19)17(8-12(18)16-14)10-7-9(15)5-6-11(10)20-3/h5-7H,4,8H2,1-3H3,(H,16,18). The third kappa shape index (κ3) is 2.45. The Morgan fingerprint density at radius 1 is 1.45 bits per heavy atom. The summed E-state index contributed by atoms with van der Waals surface area (Å²) in [5.41, 5.74) is -0.387. The van der Waals surface area contributed by atoms with Crippen molar-refractivity contribution in [2.24, 2.45) is 0 Å². The molecule has 0 aliphatic carbocycles. The van der Waals surface area contributed by atoms with Crippen molar-refractivity contribution in [3.05, 3.63) is 23.2 Å². The summed E-state index contributed by atoms with van der Waals surface area (Å²) in [5.74, 6) is 0.145. The minimum absolute atomic E-state index is 0.0366. The molecule has 1 N–H and O–H groups in total. The minimum Gasteiger partial charge on any atom is -0.495 e. The smallest absolute Gasteiger partial charge is 0.253 e. The average Bonchev–Trinajstić information content (AvgIpc) is 2.42. The molecule has 1 aromatic carbocycles. The Kier molecular flexibility index (Phi) is 3.90. The molecule has 108 valence electrons. The number of methoxy groups -OCH3 is 1. The van der Waals surface area contributed by atoms with E-state index in [0.29, 0.717) is 22.9 Å². The number of halogens is 1. The molecule has 0 bridgehead atoms. The van der Waals surface area contributed by atoms with Gasteiger partial charge in [-0.15, -0.1) is 0 Å². The van der Waals surface area contributed by atoms with Crippen LogP contribution in [0.15, 0.2) is 18.2 Å².